The van der Waals surface area contributed by atoms with Gasteiger partial charge in [0.1, 0.15) is 5.82 Å². The molecule has 5 heteroatoms. The average molecular weight is 348 g/mol. The van der Waals surface area contributed by atoms with E-state index in [-0.39, 0.29) is 0 Å². The Morgan fingerprint density at radius 2 is 1.81 bits per heavy atom. The summed E-state index contributed by atoms with van der Waals surface area (Å²) in [6.07, 6.45) is 10.1. The van der Waals surface area contributed by atoms with Gasteiger partial charge in [0.05, 0.1) is 18.5 Å². The molecular formula is C21H24N4O. The topological polar surface area (TPSA) is 59.9 Å². The Balaban J connectivity index is 1.47. The molecule has 0 spiro atoms. The number of fused-ring (bicyclic) bond motifs is 1. The molecule has 0 radical (unpaired) electrons. The van der Waals surface area contributed by atoms with E-state index >= 15 is 0 Å². The minimum atomic E-state index is 0.612. The van der Waals surface area contributed by atoms with E-state index in [4.69, 9.17) is 4.74 Å². The summed E-state index contributed by atoms with van der Waals surface area (Å²) in [5.74, 6) is 2.65. The fraction of sp³-hybridized carbons (Fsp3) is 0.381. The van der Waals surface area contributed by atoms with E-state index in [9.17, 15) is 0 Å². The number of benzene rings is 1. The number of aromatic nitrogens is 3. The predicted molar refractivity (Wildman–Crippen MR) is 104 cm³/mol. The molecule has 26 heavy (non-hydrogen) atoms. The summed E-state index contributed by atoms with van der Waals surface area (Å²) in [5.41, 5.74) is 0.817. The van der Waals surface area contributed by atoms with Crippen molar-refractivity contribution >= 4 is 22.4 Å². The number of pyridine rings is 1. The fourth-order valence-corrected chi connectivity index (χ4v) is 3.46. The number of aryl methyl sites for hydroxylation is 1. The van der Waals surface area contributed by atoms with Crippen molar-refractivity contribution in [2.75, 3.05) is 11.9 Å². The van der Waals surface area contributed by atoms with E-state index in [0.717, 1.165) is 28.9 Å². The van der Waals surface area contributed by atoms with Gasteiger partial charge in [0, 0.05) is 11.6 Å². The average Bonchev–Trinajstić information content (AvgIpc) is 2.69. The van der Waals surface area contributed by atoms with Crippen molar-refractivity contribution in [3.8, 4) is 5.88 Å². The van der Waals surface area contributed by atoms with Gasteiger partial charge < -0.3 is 10.1 Å². The summed E-state index contributed by atoms with van der Waals surface area (Å²) in [6, 6.07) is 10.2. The Morgan fingerprint density at radius 3 is 2.65 bits per heavy atom. The molecule has 0 unspecified atom stereocenters. The van der Waals surface area contributed by atoms with Crippen molar-refractivity contribution in [3.63, 3.8) is 0 Å². The van der Waals surface area contributed by atoms with Crippen LogP contribution >= 0.6 is 0 Å². The van der Waals surface area contributed by atoms with Crippen molar-refractivity contribution in [3.05, 3.63) is 48.4 Å². The smallest absolute Gasteiger partial charge is 0.237 e. The van der Waals surface area contributed by atoms with Crippen molar-refractivity contribution in [1.29, 1.82) is 0 Å². The zero-order valence-electron chi connectivity index (χ0n) is 15.1. The molecule has 0 atom stereocenters. The third kappa shape index (κ3) is 3.93. The molecule has 3 aromatic rings. The molecule has 2 heterocycles. The number of nitrogens with one attached hydrogen (secondary N) is 1. The fourth-order valence-electron chi connectivity index (χ4n) is 3.46. The first-order chi connectivity index (χ1) is 12.8. The van der Waals surface area contributed by atoms with E-state index in [1.54, 1.807) is 6.20 Å². The van der Waals surface area contributed by atoms with Crippen molar-refractivity contribution in [2.24, 2.45) is 5.92 Å². The Morgan fingerprint density at radius 1 is 1.00 bits per heavy atom. The van der Waals surface area contributed by atoms with Crippen LogP contribution in [0.25, 0.3) is 10.8 Å². The van der Waals surface area contributed by atoms with Gasteiger partial charge in [0.15, 0.2) is 5.82 Å². The van der Waals surface area contributed by atoms with Gasteiger partial charge >= 0.3 is 0 Å². The quantitative estimate of drug-likeness (QED) is 0.700. The van der Waals surface area contributed by atoms with Crippen LogP contribution in [0.3, 0.4) is 0 Å². The van der Waals surface area contributed by atoms with E-state index in [2.05, 4.69) is 32.4 Å². The minimum Gasteiger partial charge on any atom is -0.476 e. The first-order valence-corrected chi connectivity index (χ1v) is 9.36. The third-order valence-corrected chi connectivity index (χ3v) is 4.98. The van der Waals surface area contributed by atoms with Crippen LogP contribution in [-0.4, -0.2) is 21.6 Å². The molecule has 1 fully saturated rings. The highest BCUT2D eigenvalue weighted by Crippen LogP contribution is 2.25. The highest BCUT2D eigenvalue weighted by molar-refractivity contribution is 5.84. The van der Waals surface area contributed by atoms with Crippen LogP contribution in [0.5, 0.6) is 5.88 Å². The van der Waals surface area contributed by atoms with Gasteiger partial charge in [-0.25, -0.2) is 4.98 Å². The highest BCUT2D eigenvalue weighted by Gasteiger charge is 2.15. The lowest BCUT2D eigenvalue weighted by molar-refractivity contribution is 0.201. The molecule has 1 N–H and O–H groups in total. The number of anilines is 2. The van der Waals surface area contributed by atoms with Crippen LogP contribution < -0.4 is 10.1 Å². The molecule has 0 amide bonds. The predicted octanol–water partition coefficient (Wildman–Crippen LogP) is 5.04. The maximum Gasteiger partial charge on any atom is 0.237 e. The summed E-state index contributed by atoms with van der Waals surface area (Å²) in [6.45, 7) is 2.66. The van der Waals surface area contributed by atoms with Crippen molar-refractivity contribution in [1.82, 2.24) is 15.0 Å². The number of hydrogen-bond acceptors (Lipinski definition) is 5. The normalized spacial score (nSPS) is 15.1. The molecule has 2 aromatic heterocycles. The molecule has 0 bridgehead atoms. The number of nitrogens with zero attached hydrogens (tertiary/aromatic N) is 3. The molecule has 5 nitrogen and oxygen atoms in total. The highest BCUT2D eigenvalue weighted by atomic mass is 16.5. The molecule has 1 aliphatic carbocycles. The molecule has 4 rings (SSSR count). The van der Waals surface area contributed by atoms with Gasteiger partial charge in [-0.2, -0.15) is 4.98 Å². The second-order valence-electron chi connectivity index (χ2n) is 7.00. The first kappa shape index (κ1) is 16.8. The van der Waals surface area contributed by atoms with Crippen LogP contribution in [0.2, 0.25) is 0 Å². The monoisotopic (exact) mass is 348 g/mol. The summed E-state index contributed by atoms with van der Waals surface area (Å²) in [5, 5.41) is 5.49. The van der Waals surface area contributed by atoms with Gasteiger partial charge in [-0.3, -0.25) is 4.98 Å². The van der Waals surface area contributed by atoms with E-state index in [1.165, 1.54) is 32.1 Å². The molecule has 1 aliphatic rings. The molecule has 1 saturated carbocycles. The van der Waals surface area contributed by atoms with Crippen LogP contribution in [0.1, 0.15) is 37.8 Å². The maximum absolute atomic E-state index is 5.99. The summed E-state index contributed by atoms with van der Waals surface area (Å²) < 4.78 is 5.99. The molecule has 134 valence electrons. The van der Waals surface area contributed by atoms with Crippen molar-refractivity contribution in [2.45, 2.75) is 39.0 Å². The summed E-state index contributed by atoms with van der Waals surface area (Å²) >= 11 is 0. The summed E-state index contributed by atoms with van der Waals surface area (Å²) in [4.78, 5) is 13.5. The zero-order valence-corrected chi connectivity index (χ0v) is 15.1. The first-order valence-electron chi connectivity index (χ1n) is 9.36. The number of hydrogen-bond donors (Lipinski definition) is 1. The van der Waals surface area contributed by atoms with Crippen molar-refractivity contribution < 1.29 is 4.74 Å². The van der Waals surface area contributed by atoms with Gasteiger partial charge in [0.25, 0.3) is 0 Å². The second kappa shape index (κ2) is 7.68. The standard InChI is InChI=1S/C21H24N4O/c1-15-21(26-14-16-7-3-2-4-8-16)25-20(13-22-15)24-19-11-17-9-5-6-10-18(17)12-23-19/h5-6,9-13,16H,2-4,7-8,14H2,1H3,(H,23,24,25). The molecular weight excluding hydrogens is 324 g/mol. The van der Waals surface area contributed by atoms with Crippen LogP contribution in [-0.2, 0) is 0 Å². The van der Waals surface area contributed by atoms with Gasteiger partial charge in [-0.05, 0) is 37.1 Å². The van der Waals surface area contributed by atoms with Crippen LogP contribution in [0.15, 0.2) is 42.7 Å². The lowest BCUT2D eigenvalue weighted by atomic mass is 9.90. The summed E-state index contributed by atoms with van der Waals surface area (Å²) in [7, 11) is 0. The lowest BCUT2D eigenvalue weighted by Gasteiger charge is -2.21. The van der Waals surface area contributed by atoms with Gasteiger partial charge in [0.2, 0.25) is 5.88 Å². The van der Waals surface area contributed by atoms with Gasteiger partial charge in [-0.1, -0.05) is 43.5 Å². The zero-order chi connectivity index (χ0) is 17.8. The Kier molecular flexibility index (Phi) is 4.95. The second-order valence-corrected chi connectivity index (χ2v) is 7.00. The SMILES string of the molecule is Cc1ncc(Nc2cc3ccccc3cn2)nc1OCC1CCCCC1. The largest absolute Gasteiger partial charge is 0.476 e. The molecule has 0 aliphatic heterocycles. The Hall–Kier alpha value is -2.69. The van der Waals surface area contributed by atoms with Gasteiger partial charge in [-0.15, -0.1) is 0 Å². The van der Waals surface area contributed by atoms with Crippen LogP contribution in [0, 0.1) is 12.8 Å². The number of rotatable bonds is 5. The number of ether oxygens (including phenoxy) is 1. The van der Waals surface area contributed by atoms with E-state index in [1.807, 2.05) is 31.3 Å². The Bertz CT molecular complexity index is 890. The molecule has 0 saturated heterocycles. The van der Waals surface area contributed by atoms with Crippen LogP contribution in [0.4, 0.5) is 11.6 Å². The Labute approximate surface area is 153 Å². The third-order valence-electron chi connectivity index (χ3n) is 4.98. The van der Waals surface area contributed by atoms with E-state index < -0.39 is 0 Å². The van der Waals surface area contributed by atoms with E-state index in [0.29, 0.717) is 17.6 Å². The maximum atomic E-state index is 5.99. The molecule has 1 aromatic carbocycles. The lowest BCUT2D eigenvalue weighted by Crippen LogP contribution is -2.16. The minimum absolute atomic E-state index is 0.612.